The van der Waals surface area contributed by atoms with Gasteiger partial charge in [0.05, 0.1) is 6.10 Å². The molecule has 0 aliphatic rings. The summed E-state index contributed by atoms with van der Waals surface area (Å²) in [6, 6.07) is 7.85. The van der Waals surface area contributed by atoms with Crippen molar-refractivity contribution in [1.29, 1.82) is 0 Å². The van der Waals surface area contributed by atoms with Gasteiger partial charge in [0.2, 0.25) is 11.7 Å². The molecule has 0 aliphatic heterocycles. The van der Waals surface area contributed by atoms with E-state index in [2.05, 4.69) is 20.7 Å². The van der Waals surface area contributed by atoms with Gasteiger partial charge in [0, 0.05) is 18.7 Å². The number of hydrogen-bond acceptors (Lipinski definition) is 5. The average molecular weight is 317 g/mol. The lowest BCUT2D eigenvalue weighted by Gasteiger charge is -2.07. The fourth-order valence-electron chi connectivity index (χ4n) is 1.93. The van der Waals surface area contributed by atoms with Crippen molar-refractivity contribution in [2.45, 2.75) is 39.8 Å². The Labute approximate surface area is 136 Å². The number of nitrogens with one attached hydrogen (secondary N) is 1. The number of nitrogens with zero attached hydrogens (tertiary/aromatic N) is 4. The largest absolute Gasteiger partial charge is 0.379 e. The number of carbonyl (C=O) groups excluding carboxylic acids is 1. The lowest BCUT2D eigenvalue weighted by Crippen LogP contribution is -2.30. The number of amides is 1. The molecule has 1 N–H and O–H groups in total. The minimum absolute atomic E-state index is 0.0594. The number of tetrazole rings is 1. The molecule has 0 spiro atoms. The molecule has 2 aromatic rings. The molecule has 0 atom stereocenters. The minimum Gasteiger partial charge on any atom is -0.379 e. The van der Waals surface area contributed by atoms with Crippen molar-refractivity contribution < 1.29 is 9.53 Å². The first kappa shape index (κ1) is 17.1. The Morgan fingerprint density at radius 1 is 1.30 bits per heavy atom. The maximum atomic E-state index is 11.8. The molecule has 7 heteroatoms. The second-order valence-electron chi connectivity index (χ2n) is 5.63. The average Bonchev–Trinajstić information content (AvgIpc) is 2.95. The van der Waals surface area contributed by atoms with E-state index >= 15 is 0 Å². The number of aromatic nitrogens is 4. The SMILES string of the molecule is Cc1ccc(-c2nnn(CC(=O)NCCCOC(C)C)n2)cc1. The Balaban J connectivity index is 1.77. The van der Waals surface area contributed by atoms with Crippen LogP contribution in [0.2, 0.25) is 0 Å². The fraction of sp³-hybridized carbons (Fsp3) is 0.500. The molecule has 0 fully saturated rings. The lowest BCUT2D eigenvalue weighted by atomic mass is 10.1. The van der Waals surface area contributed by atoms with E-state index in [1.165, 1.54) is 10.4 Å². The first-order valence-corrected chi connectivity index (χ1v) is 7.78. The van der Waals surface area contributed by atoms with E-state index in [0.29, 0.717) is 19.0 Å². The molecule has 0 radical (unpaired) electrons. The molecule has 0 saturated heterocycles. The van der Waals surface area contributed by atoms with Crippen LogP contribution >= 0.6 is 0 Å². The van der Waals surface area contributed by atoms with E-state index in [4.69, 9.17) is 4.74 Å². The zero-order chi connectivity index (χ0) is 16.7. The van der Waals surface area contributed by atoms with E-state index < -0.39 is 0 Å². The molecule has 124 valence electrons. The Bertz CT molecular complexity index is 622. The third-order valence-corrected chi connectivity index (χ3v) is 3.14. The van der Waals surface area contributed by atoms with Crippen LogP contribution in [0, 0.1) is 6.92 Å². The summed E-state index contributed by atoms with van der Waals surface area (Å²) in [5, 5.41) is 14.9. The normalized spacial score (nSPS) is 11.0. The van der Waals surface area contributed by atoms with E-state index in [-0.39, 0.29) is 18.6 Å². The van der Waals surface area contributed by atoms with Crippen molar-refractivity contribution in [3.05, 3.63) is 29.8 Å². The van der Waals surface area contributed by atoms with E-state index in [9.17, 15) is 4.79 Å². The molecule has 0 aliphatic carbocycles. The molecular weight excluding hydrogens is 294 g/mol. The summed E-state index contributed by atoms with van der Waals surface area (Å²) in [5.74, 6) is 0.380. The molecule has 1 amide bonds. The number of benzene rings is 1. The van der Waals surface area contributed by atoms with Crippen LogP contribution in [0.1, 0.15) is 25.8 Å². The third-order valence-electron chi connectivity index (χ3n) is 3.14. The second-order valence-corrected chi connectivity index (χ2v) is 5.63. The maximum absolute atomic E-state index is 11.8. The summed E-state index contributed by atoms with van der Waals surface area (Å²) in [5.41, 5.74) is 2.05. The van der Waals surface area contributed by atoms with Crippen LogP contribution in [0.3, 0.4) is 0 Å². The number of carbonyl (C=O) groups is 1. The summed E-state index contributed by atoms with van der Waals surface area (Å²) in [6.07, 6.45) is 0.994. The Kier molecular flexibility index (Phi) is 6.22. The smallest absolute Gasteiger partial charge is 0.243 e. The van der Waals surface area contributed by atoms with E-state index in [1.54, 1.807) is 0 Å². The zero-order valence-electron chi connectivity index (χ0n) is 13.8. The van der Waals surface area contributed by atoms with Gasteiger partial charge < -0.3 is 10.1 Å². The van der Waals surface area contributed by atoms with Crippen molar-refractivity contribution >= 4 is 5.91 Å². The van der Waals surface area contributed by atoms with Crippen LogP contribution in [0.25, 0.3) is 11.4 Å². The van der Waals surface area contributed by atoms with Crippen molar-refractivity contribution in [2.24, 2.45) is 0 Å². The fourth-order valence-corrected chi connectivity index (χ4v) is 1.93. The van der Waals surface area contributed by atoms with E-state index in [1.807, 2.05) is 45.0 Å². The molecular formula is C16H23N5O2. The Morgan fingerprint density at radius 3 is 2.74 bits per heavy atom. The van der Waals surface area contributed by atoms with Gasteiger partial charge in [-0.05, 0) is 32.4 Å². The van der Waals surface area contributed by atoms with Gasteiger partial charge in [-0.2, -0.15) is 4.80 Å². The van der Waals surface area contributed by atoms with Crippen LogP contribution in [0.15, 0.2) is 24.3 Å². The monoisotopic (exact) mass is 317 g/mol. The van der Waals surface area contributed by atoms with Crippen LogP contribution in [-0.4, -0.2) is 45.4 Å². The Hall–Kier alpha value is -2.28. The summed E-state index contributed by atoms with van der Waals surface area (Å²) >= 11 is 0. The summed E-state index contributed by atoms with van der Waals surface area (Å²) < 4.78 is 5.41. The molecule has 0 saturated carbocycles. The van der Waals surface area contributed by atoms with Crippen molar-refractivity contribution in [3.63, 3.8) is 0 Å². The lowest BCUT2D eigenvalue weighted by molar-refractivity contribution is -0.122. The molecule has 23 heavy (non-hydrogen) atoms. The number of ether oxygens (including phenoxy) is 1. The standard InChI is InChI=1S/C16H23N5O2/c1-12(2)23-10-4-9-17-15(22)11-21-19-16(18-20-21)14-7-5-13(3)6-8-14/h5-8,12H,4,9-11H2,1-3H3,(H,17,22). The molecule has 1 aromatic carbocycles. The summed E-state index contributed by atoms with van der Waals surface area (Å²) in [4.78, 5) is 13.1. The highest BCUT2D eigenvalue weighted by atomic mass is 16.5. The number of hydrogen-bond donors (Lipinski definition) is 1. The van der Waals surface area contributed by atoms with Crippen LogP contribution in [0.4, 0.5) is 0 Å². The summed E-state index contributed by atoms with van der Waals surface area (Å²) in [6.45, 7) is 7.26. The van der Waals surface area contributed by atoms with E-state index in [0.717, 1.165) is 12.0 Å². The Morgan fingerprint density at radius 2 is 2.04 bits per heavy atom. The van der Waals surface area contributed by atoms with Gasteiger partial charge in [0.1, 0.15) is 6.54 Å². The van der Waals surface area contributed by atoms with Crippen molar-refractivity contribution in [2.75, 3.05) is 13.2 Å². The molecule has 1 aromatic heterocycles. The quantitative estimate of drug-likeness (QED) is 0.748. The minimum atomic E-state index is -0.137. The number of rotatable bonds is 8. The molecule has 2 rings (SSSR count). The van der Waals surface area contributed by atoms with Crippen LogP contribution < -0.4 is 5.32 Å². The topological polar surface area (TPSA) is 81.9 Å². The molecule has 0 unspecified atom stereocenters. The number of aryl methyl sites for hydroxylation is 1. The van der Waals surface area contributed by atoms with Crippen molar-refractivity contribution in [1.82, 2.24) is 25.5 Å². The van der Waals surface area contributed by atoms with Gasteiger partial charge in [0.25, 0.3) is 0 Å². The van der Waals surface area contributed by atoms with Crippen molar-refractivity contribution in [3.8, 4) is 11.4 Å². The summed E-state index contributed by atoms with van der Waals surface area (Å²) in [7, 11) is 0. The molecule has 1 heterocycles. The highest BCUT2D eigenvalue weighted by Gasteiger charge is 2.08. The van der Waals surface area contributed by atoms with Gasteiger partial charge in [-0.1, -0.05) is 29.8 Å². The van der Waals surface area contributed by atoms with Gasteiger partial charge in [-0.25, -0.2) is 0 Å². The second kappa shape index (κ2) is 8.38. The third kappa shape index (κ3) is 5.78. The maximum Gasteiger partial charge on any atom is 0.243 e. The zero-order valence-corrected chi connectivity index (χ0v) is 13.8. The molecule has 0 bridgehead atoms. The highest BCUT2D eigenvalue weighted by Crippen LogP contribution is 2.13. The predicted molar refractivity (Wildman–Crippen MR) is 86.7 cm³/mol. The van der Waals surface area contributed by atoms with Gasteiger partial charge in [0.15, 0.2) is 0 Å². The highest BCUT2D eigenvalue weighted by molar-refractivity contribution is 5.75. The first-order valence-electron chi connectivity index (χ1n) is 7.78. The van der Waals surface area contributed by atoms with Gasteiger partial charge in [-0.15, -0.1) is 10.2 Å². The van der Waals surface area contributed by atoms with Crippen LogP contribution in [0.5, 0.6) is 0 Å². The molecule has 7 nitrogen and oxygen atoms in total. The van der Waals surface area contributed by atoms with Gasteiger partial charge >= 0.3 is 0 Å². The first-order chi connectivity index (χ1) is 11.0. The predicted octanol–water partition coefficient (Wildman–Crippen LogP) is 1.58. The van der Waals surface area contributed by atoms with Gasteiger partial charge in [-0.3, -0.25) is 4.79 Å². The van der Waals surface area contributed by atoms with Crippen LogP contribution in [-0.2, 0) is 16.1 Å².